The van der Waals surface area contributed by atoms with Gasteiger partial charge in [0.05, 0.1) is 24.0 Å². The lowest BCUT2D eigenvalue weighted by atomic mass is 10.1. The molecule has 6 nitrogen and oxygen atoms in total. The normalized spacial score (nSPS) is 25.1. The number of sulfone groups is 1. The number of nitrogens with one attached hydrogen (secondary N) is 2. The van der Waals surface area contributed by atoms with Gasteiger partial charge in [0.2, 0.25) is 5.91 Å². The highest BCUT2D eigenvalue weighted by Crippen LogP contribution is 2.34. The van der Waals surface area contributed by atoms with Gasteiger partial charge in [-0.15, -0.1) is 0 Å². The molecule has 0 aromatic heterocycles. The van der Waals surface area contributed by atoms with Crippen LogP contribution in [0.15, 0.2) is 29.3 Å². The van der Waals surface area contributed by atoms with Crippen molar-refractivity contribution in [3.8, 4) is 0 Å². The Morgan fingerprint density at radius 1 is 1.32 bits per heavy atom. The first-order valence-corrected chi connectivity index (χ1v) is 11.1. The molecule has 3 rings (SSSR count). The number of amides is 1. The number of amidine groups is 1. The molecular weight excluding hydrogens is 358 g/mol. The molecule has 0 aliphatic carbocycles. The van der Waals surface area contributed by atoms with Crippen molar-refractivity contribution in [2.45, 2.75) is 44.0 Å². The summed E-state index contributed by atoms with van der Waals surface area (Å²) >= 11 is 1.50. The summed E-state index contributed by atoms with van der Waals surface area (Å²) in [5.74, 6) is 0.390. The molecule has 1 amide bonds. The van der Waals surface area contributed by atoms with Gasteiger partial charge in [-0.1, -0.05) is 30.8 Å². The van der Waals surface area contributed by atoms with Crippen molar-refractivity contribution in [3.63, 3.8) is 0 Å². The largest absolute Gasteiger partial charge is 0.353 e. The first-order valence-electron chi connectivity index (χ1n) is 8.45. The molecule has 25 heavy (non-hydrogen) atoms. The minimum Gasteiger partial charge on any atom is -0.353 e. The maximum atomic E-state index is 11.9. The molecule has 0 radical (unpaired) electrons. The summed E-state index contributed by atoms with van der Waals surface area (Å²) in [6, 6.07) is 7.74. The maximum Gasteiger partial charge on any atom is 0.224 e. The zero-order valence-electron chi connectivity index (χ0n) is 14.4. The van der Waals surface area contributed by atoms with Crippen LogP contribution in [-0.4, -0.2) is 48.3 Å². The molecule has 136 valence electrons. The maximum absolute atomic E-state index is 11.9. The summed E-state index contributed by atoms with van der Waals surface area (Å²) in [7, 11) is -2.92. The monoisotopic (exact) mass is 381 g/mol. The minimum atomic E-state index is -2.92. The highest BCUT2D eigenvalue weighted by atomic mass is 32.2. The average molecular weight is 382 g/mol. The molecule has 8 heteroatoms. The van der Waals surface area contributed by atoms with Crippen LogP contribution in [0.5, 0.6) is 0 Å². The van der Waals surface area contributed by atoms with Gasteiger partial charge in [-0.05, 0) is 31.0 Å². The van der Waals surface area contributed by atoms with Gasteiger partial charge in [0.15, 0.2) is 15.0 Å². The molecule has 0 saturated carbocycles. The van der Waals surface area contributed by atoms with Crippen LogP contribution in [0.2, 0.25) is 0 Å². The van der Waals surface area contributed by atoms with E-state index < -0.39 is 9.84 Å². The number of benzene rings is 1. The van der Waals surface area contributed by atoms with Crippen molar-refractivity contribution in [1.29, 1.82) is 0 Å². The number of carbonyl (C=O) groups is 1. The number of thioether (sulfide) groups is 1. The minimum absolute atomic E-state index is 0.0276. The standard InChI is InChI=1S/C17H23N3O3S2/c1-3-11(2)18-16(21)8-12-4-6-13(7-5-12)19-17-20-14-9-25(22,23)10-15(14)24-17/h4-7,11,14-15H,3,8-10H2,1-2H3,(H,18,21)(H,19,20)/t11-,14+,15+/m0/s1. The lowest BCUT2D eigenvalue weighted by molar-refractivity contribution is -0.121. The summed E-state index contributed by atoms with van der Waals surface area (Å²) in [6.45, 7) is 4.03. The predicted octanol–water partition coefficient (Wildman–Crippen LogP) is 1.82. The van der Waals surface area contributed by atoms with E-state index in [-0.39, 0.29) is 34.7 Å². The third-order valence-electron chi connectivity index (χ3n) is 4.41. The molecule has 2 heterocycles. The van der Waals surface area contributed by atoms with Crippen LogP contribution in [0.1, 0.15) is 25.8 Å². The second kappa shape index (κ2) is 7.37. The zero-order valence-corrected chi connectivity index (χ0v) is 16.0. The average Bonchev–Trinajstić information content (AvgIpc) is 3.01. The Hall–Kier alpha value is -1.54. The first-order chi connectivity index (χ1) is 11.8. The number of carbonyl (C=O) groups excluding carboxylic acids is 1. The summed E-state index contributed by atoms with van der Waals surface area (Å²) < 4.78 is 23.2. The fraction of sp³-hybridized carbons (Fsp3) is 0.529. The summed E-state index contributed by atoms with van der Waals surface area (Å²) in [5, 5.41) is 7.00. The van der Waals surface area contributed by atoms with Gasteiger partial charge in [-0.3, -0.25) is 9.79 Å². The van der Waals surface area contributed by atoms with E-state index in [9.17, 15) is 13.2 Å². The second-order valence-electron chi connectivity index (χ2n) is 6.61. The van der Waals surface area contributed by atoms with E-state index in [2.05, 4.69) is 15.6 Å². The summed E-state index contributed by atoms with van der Waals surface area (Å²) in [6.07, 6.45) is 1.28. The van der Waals surface area contributed by atoms with Crippen LogP contribution in [0.25, 0.3) is 0 Å². The van der Waals surface area contributed by atoms with Crippen LogP contribution in [0.3, 0.4) is 0 Å². The van der Waals surface area contributed by atoms with Crippen molar-refractivity contribution in [2.75, 3.05) is 16.8 Å². The van der Waals surface area contributed by atoms with Crippen molar-refractivity contribution in [3.05, 3.63) is 29.8 Å². The van der Waals surface area contributed by atoms with Crippen LogP contribution < -0.4 is 10.6 Å². The second-order valence-corrected chi connectivity index (χ2v) is 9.99. The van der Waals surface area contributed by atoms with Gasteiger partial charge < -0.3 is 10.6 Å². The van der Waals surface area contributed by atoms with Crippen LogP contribution in [0, 0.1) is 0 Å². The third-order valence-corrected chi connectivity index (χ3v) is 7.55. The van der Waals surface area contributed by atoms with Crippen LogP contribution in [0.4, 0.5) is 5.69 Å². The van der Waals surface area contributed by atoms with Gasteiger partial charge in [-0.25, -0.2) is 8.42 Å². The van der Waals surface area contributed by atoms with Crippen molar-refractivity contribution >= 4 is 38.4 Å². The van der Waals surface area contributed by atoms with Gasteiger partial charge in [0, 0.05) is 17.0 Å². The van der Waals surface area contributed by atoms with Gasteiger partial charge in [0.25, 0.3) is 0 Å². The number of fused-ring (bicyclic) bond motifs is 1. The lowest BCUT2D eigenvalue weighted by Gasteiger charge is -2.11. The Morgan fingerprint density at radius 2 is 2.04 bits per heavy atom. The van der Waals surface area contributed by atoms with Gasteiger partial charge >= 0.3 is 0 Å². The predicted molar refractivity (Wildman–Crippen MR) is 103 cm³/mol. The van der Waals surface area contributed by atoms with Crippen molar-refractivity contribution in [2.24, 2.45) is 4.99 Å². The van der Waals surface area contributed by atoms with E-state index in [0.717, 1.165) is 22.8 Å². The highest BCUT2D eigenvalue weighted by molar-refractivity contribution is 8.15. The Kier molecular flexibility index (Phi) is 5.38. The Balaban J connectivity index is 1.54. The molecule has 0 bridgehead atoms. The molecule has 2 aliphatic heterocycles. The first kappa shape index (κ1) is 18.3. The third kappa shape index (κ3) is 4.76. The molecule has 2 N–H and O–H groups in total. The van der Waals surface area contributed by atoms with Crippen LogP contribution in [-0.2, 0) is 21.1 Å². The molecule has 2 aliphatic rings. The molecule has 0 spiro atoms. The Bertz CT molecular complexity index is 775. The number of rotatable bonds is 5. The highest BCUT2D eigenvalue weighted by Gasteiger charge is 2.42. The fourth-order valence-corrected chi connectivity index (χ4v) is 6.53. The molecule has 1 fully saturated rings. The topological polar surface area (TPSA) is 87.6 Å². The lowest BCUT2D eigenvalue weighted by Crippen LogP contribution is -2.33. The molecule has 0 unspecified atom stereocenters. The number of nitrogens with zero attached hydrogens (tertiary/aromatic N) is 1. The van der Waals surface area contributed by atoms with E-state index >= 15 is 0 Å². The molecule has 1 aromatic carbocycles. The van der Waals surface area contributed by atoms with E-state index in [0.29, 0.717) is 6.42 Å². The molecule has 1 aromatic rings. The number of hydrogen-bond acceptors (Lipinski definition) is 6. The van der Waals surface area contributed by atoms with Crippen molar-refractivity contribution < 1.29 is 13.2 Å². The van der Waals surface area contributed by atoms with E-state index in [1.807, 2.05) is 38.1 Å². The smallest absolute Gasteiger partial charge is 0.224 e. The number of hydrogen-bond donors (Lipinski definition) is 2. The van der Waals surface area contributed by atoms with Crippen LogP contribution >= 0.6 is 11.8 Å². The van der Waals surface area contributed by atoms with Gasteiger partial charge in [0.1, 0.15) is 0 Å². The number of anilines is 1. The summed E-state index contributed by atoms with van der Waals surface area (Å²) in [4.78, 5) is 16.4. The SMILES string of the molecule is CC[C@H](C)NC(=O)Cc1ccc(NC2=N[C@@H]3CS(=O)(=O)C[C@H]3S2)cc1. The number of aliphatic imine (C=N–C) groups is 1. The zero-order chi connectivity index (χ0) is 18.0. The quantitative estimate of drug-likeness (QED) is 0.812. The summed E-state index contributed by atoms with van der Waals surface area (Å²) in [5.41, 5.74) is 1.84. The van der Waals surface area contributed by atoms with E-state index in [1.54, 1.807) is 0 Å². The Labute approximate surface area is 152 Å². The van der Waals surface area contributed by atoms with E-state index in [4.69, 9.17) is 0 Å². The Morgan fingerprint density at radius 3 is 2.68 bits per heavy atom. The van der Waals surface area contributed by atoms with E-state index in [1.165, 1.54) is 11.8 Å². The fourth-order valence-electron chi connectivity index (χ4n) is 2.86. The molecule has 1 saturated heterocycles. The van der Waals surface area contributed by atoms with Crippen molar-refractivity contribution in [1.82, 2.24) is 5.32 Å². The molecule has 3 atom stereocenters. The van der Waals surface area contributed by atoms with Gasteiger partial charge in [-0.2, -0.15) is 0 Å². The molecular formula is C17H23N3O3S2.